The number of carbonyl (C=O) groups excluding carboxylic acids is 1. The number of carboxylic acids is 1. The van der Waals surface area contributed by atoms with E-state index in [1.165, 1.54) is 11.3 Å². The quantitative estimate of drug-likeness (QED) is 0.491. The van der Waals surface area contributed by atoms with Crippen molar-refractivity contribution in [3.63, 3.8) is 0 Å². The first-order valence-electron chi connectivity index (χ1n) is 8.66. The minimum atomic E-state index is -1.11. The zero-order valence-electron chi connectivity index (χ0n) is 15.1. The number of hydrogen-bond donors (Lipinski definition) is 1. The number of ketones is 1. The first-order chi connectivity index (χ1) is 13.9. The summed E-state index contributed by atoms with van der Waals surface area (Å²) in [6.45, 7) is 0. The molecule has 0 fully saturated rings. The van der Waals surface area contributed by atoms with Crippen LogP contribution in [0.4, 0.5) is 0 Å². The van der Waals surface area contributed by atoms with Crippen LogP contribution in [0.25, 0.3) is 11.1 Å². The molecule has 2 aromatic carbocycles. The van der Waals surface area contributed by atoms with E-state index in [0.29, 0.717) is 31.6 Å². The summed E-state index contributed by atoms with van der Waals surface area (Å²) in [4.78, 5) is 25.1. The van der Waals surface area contributed by atoms with Crippen molar-refractivity contribution in [2.24, 2.45) is 5.92 Å². The fraction of sp³-hybridized carbons (Fsp3) is 0.136. The molecule has 29 heavy (non-hydrogen) atoms. The van der Waals surface area contributed by atoms with Crippen molar-refractivity contribution >= 4 is 46.3 Å². The predicted octanol–water partition coefficient (Wildman–Crippen LogP) is 5.91. The molecule has 0 amide bonds. The maximum absolute atomic E-state index is 12.8. The zero-order chi connectivity index (χ0) is 21.0. The lowest BCUT2D eigenvalue weighted by molar-refractivity contribution is -0.120. The third kappa shape index (κ3) is 4.86. The normalized spacial score (nSPS) is 11.6. The molecule has 0 saturated heterocycles. The molecule has 0 aliphatic carbocycles. The summed E-state index contributed by atoms with van der Waals surface area (Å²) in [5.74, 6) is -2.35. The summed E-state index contributed by atoms with van der Waals surface area (Å²) in [5.41, 5.74) is 2.02. The maximum atomic E-state index is 12.8. The number of rotatable bonds is 7. The van der Waals surface area contributed by atoms with Crippen molar-refractivity contribution in [1.82, 2.24) is 0 Å². The Bertz CT molecular complexity index is 1100. The van der Waals surface area contributed by atoms with Crippen molar-refractivity contribution in [2.45, 2.75) is 12.8 Å². The number of hydrogen-bond acceptors (Lipinski definition) is 4. The minimum absolute atomic E-state index is 0.0834. The van der Waals surface area contributed by atoms with Crippen LogP contribution >= 0.6 is 34.5 Å². The van der Waals surface area contributed by atoms with Crippen LogP contribution in [0, 0.1) is 17.2 Å². The number of nitriles is 1. The molecular formula is C22H15Cl2NO3S. The van der Waals surface area contributed by atoms with Crippen LogP contribution in [0.3, 0.4) is 0 Å². The molecule has 0 radical (unpaired) electrons. The fourth-order valence-corrected chi connectivity index (χ4v) is 4.39. The molecule has 7 heteroatoms. The van der Waals surface area contributed by atoms with Gasteiger partial charge in [-0.15, -0.1) is 11.3 Å². The summed E-state index contributed by atoms with van der Waals surface area (Å²) in [7, 11) is 0. The summed E-state index contributed by atoms with van der Waals surface area (Å²) in [5, 5.41) is 21.9. The summed E-state index contributed by atoms with van der Waals surface area (Å²) >= 11 is 13.2. The van der Waals surface area contributed by atoms with E-state index < -0.39 is 11.9 Å². The average molecular weight is 444 g/mol. The van der Waals surface area contributed by atoms with Gasteiger partial charge in [0.25, 0.3) is 0 Å². The highest BCUT2D eigenvalue weighted by molar-refractivity contribution is 7.11. The van der Waals surface area contributed by atoms with Gasteiger partial charge in [0, 0.05) is 26.9 Å². The van der Waals surface area contributed by atoms with Crippen LogP contribution in [-0.4, -0.2) is 16.9 Å². The minimum Gasteiger partial charge on any atom is -0.478 e. The third-order valence-corrected chi connectivity index (χ3v) is 6.10. The van der Waals surface area contributed by atoms with E-state index >= 15 is 0 Å². The third-order valence-electron chi connectivity index (χ3n) is 4.50. The summed E-state index contributed by atoms with van der Waals surface area (Å²) in [6.07, 6.45) is 0.0649. The van der Waals surface area contributed by atoms with E-state index in [4.69, 9.17) is 23.2 Å². The second-order valence-corrected chi connectivity index (χ2v) is 8.19. The highest BCUT2D eigenvalue weighted by Crippen LogP contribution is 2.33. The van der Waals surface area contributed by atoms with Gasteiger partial charge in [-0.25, -0.2) is 4.79 Å². The molecule has 1 N–H and O–H groups in total. The monoisotopic (exact) mass is 443 g/mol. The fourth-order valence-electron chi connectivity index (χ4n) is 3.00. The van der Waals surface area contributed by atoms with Gasteiger partial charge < -0.3 is 5.11 Å². The number of carbonyl (C=O) groups is 2. The molecular weight excluding hydrogens is 429 g/mol. The number of nitrogens with zero attached hydrogens (tertiary/aromatic N) is 1. The van der Waals surface area contributed by atoms with Crippen LogP contribution < -0.4 is 0 Å². The average Bonchev–Trinajstić information content (AvgIpc) is 3.11. The highest BCUT2D eigenvalue weighted by Gasteiger charge is 2.25. The Balaban J connectivity index is 1.86. The van der Waals surface area contributed by atoms with Crippen LogP contribution in [0.1, 0.15) is 20.8 Å². The molecule has 1 atom stereocenters. The van der Waals surface area contributed by atoms with Gasteiger partial charge in [0.15, 0.2) is 5.78 Å². The maximum Gasteiger partial charge on any atom is 0.337 e. The number of Topliss-reactive ketones (excluding diaryl/α,β-unsaturated/α-hetero) is 1. The summed E-state index contributed by atoms with van der Waals surface area (Å²) < 4.78 is 0. The molecule has 0 bridgehead atoms. The molecule has 3 aromatic rings. The van der Waals surface area contributed by atoms with Crippen molar-refractivity contribution in [1.29, 1.82) is 5.26 Å². The number of aromatic carboxylic acids is 1. The Morgan fingerprint density at radius 3 is 2.41 bits per heavy atom. The zero-order valence-corrected chi connectivity index (χ0v) is 17.4. The van der Waals surface area contributed by atoms with Gasteiger partial charge in [-0.3, -0.25) is 4.79 Å². The second-order valence-electron chi connectivity index (χ2n) is 6.38. The number of halogens is 2. The molecule has 1 aromatic heterocycles. The Labute approximate surface area is 181 Å². The lowest BCUT2D eigenvalue weighted by Crippen LogP contribution is -2.18. The van der Waals surface area contributed by atoms with E-state index in [0.717, 1.165) is 0 Å². The second kappa shape index (κ2) is 9.23. The molecule has 0 spiro atoms. The van der Waals surface area contributed by atoms with Gasteiger partial charge in [0.2, 0.25) is 0 Å². The van der Waals surface area contributed by atoms with Crippen LogP contribution in [0.15, 0.2) is 53.9 Å². The molecule has 0 aliphatic heterocycles. The lowest BCUT2D eigenvalue weighted by atomic mass is 9.93. The van der Waals surface area contributed by atoms with Crippen molar-refractivity contribution in [3.8, 4) is 17.2 Å². The molecule has 1 unspecified atom stereocenters. The molecule has 0 aliphatic rings. The van der Waals surface area contributed by atoms with Crippen molar-refractivity contribution in [2.75, 3.05) is 0 Å². The standard InChI is InChI=1S/C22H15Cl2NO3S/c23-16-7-5-13(6-8-16)17-12-29-20(21(17)22(27)28)10-19(26)15(11-25)9-14-3-1-2-4-18(14)24/h1-8,12,15H,9-10H2,(H,27,28). The van der Waals surface area contributed by atoms with Gasteiger partial charge in [-0.1, -0.05) is 53.5 Å². The lowest BCUT2D eigenvalue weighted by Gasteiger charge is -2.10. The molecule has 1 heterocycles. The number of thiophene rings is 1. The van der Waals surface area contributed by atoms with E-state index in [2.05, 4.69) is 0 Å². The van der Waals surface area contributed by atoms with Crippen LogP contribution in [0.2, 0.25) is 10.0 Å². The van der Waals surface area contributed by atoms with Gasteiger partial charge in [0.05, 0.1) is 11.6 Å². The van der Waals surface area contributed by atoms with Gasteiger partial charge in [0.1, 0.15) is 5.92 Å². The Morgan fingerprint density at radius 1 is 1.10 bits per heavy atom. The molecule has 3 rings (SSSR count). The first-order valence-corrected chi connectivity index (χ1v) is 10.3. The van der Waals surface area contributed by atoms with Gasteiger partial charge in [-0.2, -0.15) is 5.26 Å². The molecule has 0 saturated carbocycles. The van der Waals surface area contributed by atoms with E-state index in [-0.39, 0.29) is 24.2 Å². The van der Waals surface area contributed by atoms with Crippen molar-refractivity contribution in [3.05, 3.63) is 80.0 Å². The van der Waals surface area contributed by atoms with E-state index in [9.17, 15) is 20.0 Å². The van der Waals surface area contributed by atoms with E-state index in [1.54, 1.807) is 53.9 Å². The van der Waals surface area contributed by atoms with Gasteiger partial charge in [-0.05, 0) is 41.1 Å². The predicted molar refractivity (Wildman–Crippen MR) is 115 cm³/mol. The Hall–Kier alpha value is -2.65. The SMILES string of the molecule is N#CC(Cc1ccccc1Cl)C(=O)Cc1scc(-c2ccc(Cl)cc2)c1C(=O)O. The smallest absolute Gasteiger partial charge is 0.337 e. The molecule has 4 nitrogen and oxygen atoms in total. The number of benzene rings is 2. The largest absolute Gasteiger partial charge is 0.478 e. The van der Waals surface area contributed by atoms with Gasteiger partial charge >= 0.3 is 5.97 Å². The van der Waals surface area contributed by atoms with Crippen LogP contribution in [0.5, 0.6) is 0 Å². The Morgan fingerprint density at radius 2 is 1.79 bits per heavy atom. The number of carboxylic acid groups (broad SMARTS) is 1. The first kappa shape index (κ1) is 21.1. The summed E-state index contributed by atoms with van der Waals surface area (Å²) in [6, 6.07) is 15.9. The molecule has 146 valence electrons. The van der Waals surface area contributed by atoms with Crippen molar-refractivity contribution < 1.29 is 14.7 Å². The van der Waals surface area contributed by atoms with Crippen LogP contribution in [-0.2, 0) is 17.6 Å². The Kier molecular flexibility index (Phi) is 6.71. The van der Waals surface area contributed by atoms with E-state index in [1.807, 2.05) is 6.07 Å². The topological polar surface area (TPSA) is 78.2 Å². The highest BCUT2D eigenvalue weighted by atomic mass is 35.5.